The van der Waals surface area contributed by atoms with Crippen LogP contribution in [0.15, 0.2) is 132 Å². The number of nitrogens with one attached hydrogen (secondary N) is 6. The van der Waals surface area contributed by atoms with Crippen molar-refractivity contribution in [2.45, 2.75) is 77.8 Å². The van der Waals surface area contributed by atoms with Gasteiger partial charge in [-0.1, -0.05) is 109 Å². The van der Waals surface area contributed by atoms with Crippen LogP contribution in [0, 0.1) is 17.5 Å². The van der Waals surface area contributed by atoms with Crippen molar-refractivity contribution >= 4 is 128 Å². The summed E-state index contributed by atoms with van der Waals surface area (Å²) < 4.78 is 131. The second-order valence-electron chi connectivity index (χ2n) is 19.3. The van der Waals surface area contributed by atoms with E-state index in [1.165, 1.54) is 101 Å². The molecule has 0 radical (unpaired) electrons. The first-order valence-corrected chi connectivity index (χ1v) is 31.4. The highest BCUT2D eigenvalue weighted by molar-refractivity contribution is 9.10. The van der Waals surface area contributed by atoms with Gasteiger partial charge in [-0.15, -0.1) is 0 Å². The van der Waals surface area contributed by atoms with Crippen molar-refractivity contribution in [2.75, 3.05) is 44.2 Å². The van der Waals surface area contributed by atoms with E-state index < -0.39 is 114 Å². The lowest BCUT2D eigenvalue weighted by Crippen LogP contribution is -2.55. The molecule has 0 spiro atoms. The van der Waals surface area contributed by atoms with E-state index >= 15 is 0 Å². The largest absolute Gasteiger partial charge is 0.478 e. The minimum atomic E-state index is -3.97. The zero-order valence-electron chi connectivity index (χ0n) is 45.3. The lowest BCUT2D eigenvalue weighted by Gasteiger charge is -2.36. The fourth-order valence-corrected chi connectivity index (χ4v) is 13.5. The lowest BCUT2D eigenvalue weighted by molar-refractivity contribution is -0.120. The molecule has 482 valence electrons. The number of esters is 1. The molecule has 22 nitrogen and oxygen atoms in total. The molecule has 0 saturated carbocycles. The van der Waals surface area contributed by atoms with Gasteiger partial charge >= 0.3 is 11.9 Å². The Hall–Kier alpha value is -6.58. The summed E-state index contributed by atoms with van der Waals surface area (Å²) in [6.07, 6.45) is 0.467. The molecule has 9 rings (SSSR count). The number of amides is 3. The monoisotopic (exact) mass is 1420 g/mol. The number of aromatic carboxylic acids is 1. The fourth-order valence-electron chi connectivity index (χ4n) is 8.90. The van der Waals surface area contributed by atoms with Crippen molar-refractivity contribution in [1.29, 1.82) is 0 Å². The van der Waals surface area contributed by atoms with Crippen molar-refractivity contribution in [3.63, 3.8) is 0 Å². The molecule has 3 fully saturated rings. The van der Waals surface area contributed by atoms with Crippen molar-refractivity contribution < 1.29 is 72.2 Å². The summed E-state index contributed by atoms with van der Waals surface area (Å²) in [5, 5.41) is 16.2. The van der Waals surface area contributed by atoms with Crippen LogP contribution in [0.25, 0.3) is 0 Å². The Bertz CT molecular complexity index is 3910. The van der Waals surface area contributed by atoms with E-state index in [4.69, 9.17) is 39.9 Å². The second-order valence-corrected chi connectivity index (χ2v) is 26.7. The summed E-state index contributed by atoms with van der Waals surface area (Å²) in [4.78, 5) is 60.8. The SMILES string of the molecule is C.C.C.CN1C(C(=O)Nc2ccc(F)c(Cl)c2)CC(c2ccc(Br)cc2)NS1(=O)=O.CN1C(C(=O)Nc2ccc(F)c(Cl)c2)CC(c2ccc(C(=O)O)cc2)NS1(=O)=O.COC(=O)c1ccc(C2CC(C(=O)Nc3ccc(F)c(Cl)c3)N(C)S(=O)(=O)N2)cc1. The molecule has 3 aliphatic rings. The maximum atomic E-state index is 13.3. The molecule has 3 heterocycles. The van der Waals surface area contributed by atoms with Gasteiger partial charge in [-0.25, -0.2) is 22.8 Å². The molecule has 3 saturated heterocycles. The first kappa shape index (κ1) is 74.9. The van der Waals surface area contributed by atoms with E-state index in [1.807, 2.05) is 0 Å². The first-order valence-electron chi connectivity index (χ1n) is 25.2. The Balaban J connectivity index is 0.000000281. The van der Waals surface area contributed by atoms with Gasteiger partial charge in [-0.2, -0.15) is 52.3 Å². The number of ether oxygens (including phenoxy) is 1. The van der Waals surface area contributed by atoms with Gasteiger partial charge < -0.3 is 25.8 Å². The second kappa shape index (κ2) is 31.4. The summed E-state index contributed by atoms with van der Waals surface area (Å²) >= 11 is 20.5. The van der Waals surface area contributed by atoms with Crippen molar-refractivity contribution in [3.8, 4) is 0 Å². The maximum Gasteiger partial charge on any atom is 0.337 e. The highest BCUT2D eigenvalue weighted by atomic mass is 79.9. The number of carboxylic acid groups (broad SMARTS) is 1. The van der Waals surface area contributed by atoms with E-state index in [-0.39, 0.29) is 79.2 Å². The smallest absolute Gasteiger partial charge is 0.337 e. The van der Waals surface area contributed by atoms with E-state index in [2.05, 4.69) is 50.8 Å². The van der Waals surface area contributed by atoms with Crippen LogP contribution in [0.2, 0.25) is 15.1 Å². The number of methoxy groups -OCH3 is 1. The fraction of sp³-hybridized carbons (Fsp3) is 0.281. The van der Waals surface area contributed by atoms with Gasteiger partial charge in [0.1, 0.15) is 35.6 Å². The van der Waals surface area contributed by atoms with Crippen LogP contribution in [0.4, 0.5) is 30.2 Å². The number of rotatable bonds is 11. The third-order valence-corrected chi connectivity index (χ3v) is 19.9. The number of nitrogens with zero attached hydrogens (tertiary/aromatic N) is 3. The number of likely N-dealkylation sites (N-methyl/N-ethyl adjacent to an activating group) is 3. The Morgan fingerprint density at radius 2 is 0.764 bits per heavy atom. The van der Waals surface area contributed by atoms with Crippen LogP contribution in [0.5, 0.6) is 0 Å². The molecule has 0 aromatic heterocycles. The molecule has 32 heteroatoms. The third-order valence-electron chi connectivity index (χ3n) is 13.7. The van der Waals surface area contributed by atoms with Gasteiger partial charge in [-0.05, 0) is 127 Å². The van der Waals surface area contributed by atoms with Crippen LogP contribution in [-0.4, -0.2) is 119 Å². The average Bonchev–Trinajstić information content (AvgIpc) is 2.42. The Morgan fingerprint density at radius 1 is 0.494 bits per heavy atom. The van der Waals surface area contributed by atoms with Crippen LogP contribution < -0.4 is 30.1 Å². The zero-order chi connectivity index (χ0) is 63.2. The summed E-state index contributed by atoms with van der Waals surface area (Å²) in [7, 11) is -6.60. The van der Waals surface area contributed by atoms with Crippen molar-refractivity contribution in [1.82, 2.24) is 27.1 Å². The normalized spacial score (nSPS) is 20.9. The third kappa shape index (κ3) is 18.8. The van der Waals surface area contributed by atoms with Gasteiger partial charge in [0.05, 0.1) is 33.3 Å². The molecule has 6 unspecified atom stereocenters. The number of carbonyl (C=O) groups is 5. The molecule has 6 atom stereocenters. The molecule has 3 amide bonds. The number of carboxylic acids is 1. The number of hydrogen-bond acceptors (Lipinski definition) is 12. The number of benzene rings is 6. The summed E-state index contributed by atoms with van der Waals surface area (Å²) in [6, 6.07) is 25.2. The molecule has 3 aliphatic heterocycles. The van der Waals surface area contributed by atoms with Gasteiger partial charge in [0.25, 0.3) is 30.6 Å². The quantitative estimate of drug-likeness (QED) is 0.0595. The number of halogens is 7. The zero-order valence-corrected chi connectivity index (χ0v) is 51.6. The van der Waals surface area contributed by atoms with Crippen molar-refractivity contribution in [2.24, 2.45) is 0 Å². The van der Waals surface area contributed by atoms with Crippen molar-refractivity contribution in [3.05, 3.63) is 192 Å². The summed E-state index contributed by atoms with van der Waals surface area (Å²) in [6.45, 7) is 0. The Morgan fingerprint density at radius 3 is 1.02 bits per heavy atom. The topological polar surface area (TPSA) is 299 Å². The van der Waals surface area contributed by atoms with Crippen LogP contribution >= 0.6 is 50.7 Å². The molecule has 0 bridgehead atoms. The predicted octanol–water partition coefficient (Wildman–Crippen LogP) is 10.2. The number of anilines is 3. The lowest BCUT2D eigenvalue weighted by atomic mass is 9.98. The molecular formula is C57H64BrCl3F3N9O13S3. The molecule has 7 N–H and O–H groups in total. The van der Waals surface area contributed by atoms with Gasteiger partial charge in [0, 0.05) is 60.8 Å². The number of hydrogen-bond donors (Lipinski definition) is 7. The van der Waals surface area contributed by atoms with E-state index in [0.717, 1.165) is 41.2 Å². The van der Waals surface area contributed by atoms with Gasteiger partial charge in [0.2, 0.25) is 17.7 Å². The van der Waals surface area contributed by atoms with E-state index in [1.54, 1.807) is 36.4 Å². The van der Waals surface area contributed by atoms with Crippen LogP contribution in [0.3, 0.4) is 0 Å². The summed E-state index contributed by atoms with van der Waals surface area (Å²) in [5.74, 6) is -5.20. The Kier molecular flexibility index (Phi) is 26.5. The van der Waals surface area contributed by atoms with E-state index in [9.17, 15) is 62.4 Å². The minimum Gasteiger partial charge on any atom is -0.478 e. The van der Waals surface area contributed by atoms with Crippen LogP contribution in [0.1, 0.15) is 97.1 Å². The van der Waals surface area contributed by atoms with E-state index in [0.29, 0.717) is 16.7 Å². The Labute approximate surface area is 538 Å². The molecule has 0 aliphatic carbocycles. The molecule has 6 aromatic carbocycles. The molecule has 89 heavy (non-hydrogen) atoms. The minimum absolute atomic E-state index is 0. The standard InChI is InChI=1S/C19H19ClFN3O5S.C18H17ClFN3O5S.C17H16BrClFN3O3S.3CH4/c1-24-17(18(25)22-13-7-8-15(21)14(20)9-13)10-16(23-30(24,27)28)11-3-5-12(6-4-11)19(26)29-2;1-23-16(17(24)21-12-6-7-14(20)13(19)8-12)9-15(22-29(23,27)28)10-2-4-11(5-3-10)18(25)26;1-23-16(17(24)21-12-6-7-14(20)13(19)8-12)9-15(22-27(23,25)26)10-2-4-11(18)5-3-10;;;/h3-9,16-17,23H,10H2,1-2H3,(H,22,25);2-8,15-16,22H,9H2,1H3,(H,21,24)(H,25,26);2-8,15-16,22H,9H2,1H3,(H,21,24);3*1H4. The molecule has 6 aromatic rings. The maximum absolute atomic E-state index is 13.3. The highest BCUT2D eigenvalue weighted by Gasteiger charge is 2.43. The average molecular weight is 1420 g/mol. The summed E-state index contributed by atoms with van der Waals surface area (Å²) in [5.41, 5.74) is 3.00. The first-order chi connectivity index (χ1) is 40.4. The van der Waals surface area contributed by atoms with Crippen LogP contribution in [-0.2, 0) is 49.7 Å². The molecular weight excluding hydrogens is 1360 g/mol. The highest BCUT2D eigenvalue weighted by Crippen LogP contribution is 2.33. The van der Waals surface area contributed by atoms with Gasteiger partial charge in [-0.3, -0.25) is 14.4 Å². The van der Waals surface area contributed by atoms with Gasteiger partial charge in [0.15, 0.2) is 0 Å². The predicted molar refractivity (Wildman–Crippen MR) is 339 cm³/mol. The number of carbonyl (C=O) groups excluding carboxylic acids is 4.